The number of aliphatic carboxylic acids is 4. The van der Waals surface area contributed by atoms with Gasteiger partial charge in [0.05, 0.1) is 31.2 Å². The van der Waals surface area contributed by atoms with Crippen LogP contribution in [0.25, 0.3) is 0 Å². The van der Waals surface area contributed by atoms with E-state index in [1.807, 2.05) is 24.3 Å². The molecule has 0 aliphatic carbocycles. The molecule has 1 atom stereocenters. The van der Waals surface area contributed by atoms with Crippen molar-refractivity contribution in [1.29, 1.82) is 0 Å². The Balaban J connectivity index is 0.00000800. The van der Waals surface area contributed by atoms with E-state index in [4.69, 9.17) is 12.2 Å². The molecule has 14 heteroatoms. The van der Waals surface area contributed by atoms with E-state index in [0.717, 1.165) is 11.3 Å². The van der Waals surface area contributed by atoms with Gasteiger partial charge in [-0.25, -0.2) is 0 Å². The van der Waals surface area contributed by atoms with Crippen molar-refractivity contribution in [1.82, 2.24) is 19.6 Å². The average Bonchev–Trinajstić information content (AvgIpc) is 2.81. The Kier molecular flexibility index (Phi) is 15.3. The summed E-state index contributed by atoms with van der Waals surface area (Å²) in [6.07, 6.45) is 0.415. The third-order valence-corrected chi connectivity index (χ3v) is 6.42. The predicted octanol–water partition coefficient (Wildman–Crippen LogP) is 0.553. The molecule has 13 nitrogen and oxygen atoms in total. The molecule has 1 aliphatic rings. The molecule has 1 aliphatic heterocycles. The summed E-state index contributed by atoms with van der Waals surface area (Å²) >= 11 is 5.08. The molecule has 2 rings (SSSR count). The number of nitrogens with zero attached hydrogens (tertiary/aromatic N) is 4. The quantitative estimate of drug-likeness (QED) is 0.228. The molecule has 0 saturated carbocycles. The number of carbonyl (C=O) groups is 4. The molecule has 1 aromatic rings. The second-order valence-electron chi connectivity index (χ2n) is 9.57. The zero-order valence-electron chi connectivity index (χ0n) is 22.0. The summed E-state index contributed by atoms with van der Waals surface area (Å²) in [7, 11) is 0. The van der Waals surface area contributed by atoms with Crippen molar-refractivity contribution in [2.45, 2.75) is 26.8 Å². The number of hydrogen-bond donors (Lipinski definition) is 5. The highest BCUT2D eigenvalue weighted by Crippen LogP contribution is 2.16. The highest BCUT2D eigenvalue weighted by molar-refractivity contribution is 7.80. The number of hydrogen-bond acceptors (Lipinski definition) is 9. The lowest BCUT2D eigenvalue weighted by atomic mass is 10.0. The smallest absolute Gasteiger partial charge is 0.317 e. The zero-order valence-corrected chi connectivity index (χ0v) is 22.8. The van der Waals surface area contributed by atoms with E-state index < -0.39 is 29.9 Å². The Hall–Kier alpha value is -3.17. The van der Waals surface area contributed by atoms with Crippen LogP contribution in [0.3, 0.4) is 0 Å². The molecule has 1 heterocycles. The fraction of sp³-hybridized carbons (Fsp3) is 0.577. The number of nitrogens with one attached hydrogen (secondary N) is 1. The lowest BCUT2D eigenvalue weighted by Gasteiger charge is -2.37. The molecule has 0 bridgehead atoms. The van der Waals surface area contributed by atoms with Crippen molar-refractivity contribution in [2.24, 2.45) is 0 Å². The summed E-state index contributed by atoms with van der Waals surface area (Å²) in [5.74, 6) is -4.18. The van der Waals surface area contributed by atoms with E-state index in [1.165, 1.54) is 0 Å². The van der Waals surface area contributed by atoms with E-state index >= 15 is 0 Å². The number of anilines is 1. The van der Waals surface area contributed by atoms with Gasteiger partial charge in [0.1, 0.15) is 0 Å². The number of carboxylic acids is 4. The number of rotatable bonds is 11. The van der Waals surface area contributed by atoms with Gasteiger partial charge in [-0.1, -0.05) is 31.8 Å². The van der Waals surface area contributed by atoms with Gasteiger partial charge in [-0.05, 0) is 31.0 Å². The van der Waals surface area contributed by atoms with Gasteiger partial charge < -0.3 is 25.7 Å². The van der Waals surface area contributed by atoms with Crippen LogP contribution in [-0.2, 0) is 25.6 Å². The molecule has 224 valence electrons. The first-order valence-electron chi connectivity index (χ1n) is 12.6. The fourth-order valence-electron chi connectivity index (χ4n) is 4.56. The second-order valence-corrected chi connectivity index (χ2v) is 10.2. The van der Waals surface area contributed by atoms with Gasteiger partial charge in [0.2, 0.25) is 0 Å². The summed E-state index contributed by atoms with van der Waals surface area (Å²) in [5.41, 5.74) is 1.71. The van der Waals surface area contributed by atoms with Crippen molar-refractivity contribution >= 4 is 46.8 Å². The second kappa shape index (κ2) is 17.5. The Morgan fingerprint density at radius 3 is 1.62 bits per heavy atom. The molecular weight excluding hydrogens is 542 g/mol. The summed E-state index contributed by atoms with van der Waals surface area (Å²) in [5, 5.41) is 41.0. The highest BCUT2D eigenvalue weighted by Gasteiger charge is 2.27. The third-order valence-electron chi connectivity index (χ3n) is 6.31. The highest BCUT2D eigenvalue weighted by atomic mass is 32.1. The van der Waals surface area contributed by atoms with E-state index in [-0.39, 0.29) is 79.4 Å². The van der Waals surface area contributed by atoms with Crippen LogP contribution in [0.4, 0.5) is 5.69 Å². The first-order valence-corrected chi connectivity index (χ1v) is 13.0. The van der Waals surface area contributed by atoms with Crippen LogP contribution < -0.4 is 5.32 Å². The standard InChI is InChI=1S/C25H37N5O8S.CH4/c1-18(39)26-20-4-2-19(3-5-20)12-21-13-29(16-24(35)36)9-8-27(14-22(31)32)6-7-28(15-23(33)34)10-11-30(21)17-25(37)38;/h2-5,21H,6-17H2,1H3,(H,26,39)(H,31,32)(H,33,34)(H,35,36)(H,37,38);1H4. The summed E-state index contributed by atoms with van der Waals surface area (Å²) in [6, 6.07) is 7.08. The van der Waals surface area contributed by atoms with Crippen molar-refractivity contribution in [3.8, 4) is 0 Å². The number of thiocarbonyl (C=S) groups is 1. The van der Waals surface area contributed by atoms with Gasteiger partial charge >= 0.3 is 23.9 Å². The van der Waals surface area contributed by atoms with Gasteiger partial charge in [0, 0.05) is 57.5 Å². The lowest BCUT2D eigenvalue weighted by Crippen LogP contribution is -2.53. The van der Waals surface area contributed by atoms with Crippen LogP contribution in [0.2, 0.25) is 0 Å². The Labute approximate surface area is 240 Å². The molecule has 5 N–H and O–H groups in total. The lowest BCUT2D eigenvalue weighted by molar-refractivity contribution is -0.142. The monoisotopic (exact) mass is 583 g/mol. The van der Waals surface area contributed by atoms with Gasteiger partial charge in [-0.3, -0.25) is 38.8 Å². The van der Waals surface area contributed by atoms with Crippen LogP contribution in [0.5, 0.6) is 0 Å². The maximum absolute atomic E-state index is 11.8. The number of carboxylic acid groups (broad SMARTS) is 4. The van der Waals surface area contributed by atoms with E-state index in [0.29, 0.717) is 11.4 Å². The maximum Gasteiger partial charge on any atom is 0.317 e. The molecule has 1 fully saturated rings. The van der Waals surface area contributed by atoms with Gasteiger partial charge in [-0.15, -0.1) is 0 Å². The molecule has 40 heavy (non-hydrogen) atoms. The molecule has 0 radical (unpaired) electrons. The largest absolute Gasteiger partial charge is 0.480 e. The van der Waals surface area contributed by atoms with Crippen LogP contribution in [0.15, 0.2) is 24.3 Å². The van der Waals surface area contributed by atoms with Gasteiger partial charge in [0.25, 0.3) is 0 Å². The molecule has 1 saturated heterocycles. The zero-order chi connectivity index (χ0) is 28.9. The number of benzene rings is 1. The van der Waals surface area contributed by atoms with Gasteiger partial charge in [-0.2, -0.15) is 0 Å². The van der Waals surface area contributed by atoms with Crippen molar-refractivity contribution in [2.75, 3.05) is 77.3 Å². The molecule has 1 unspecified atom stereocenters. The van der Waals surface area contributed by atoms with Crippen molar-refractivity contribution in [3.05, 3.63) is 29.8 Å². The minimum Gasteiger partial charge on any atom is -0.480 e. The Bertz CT molecular complexity index is 1010. The van der Waals surface area contributed by atoms with E-state index in [1.54, 1.807) is 26.5 Å². The Morgan fingerprint density at radius 2 is 1.18 bits per heavy atom. The summed E-state index contributed by atoms with van der Waals surface area (Å²) in [4.78, 5) is 53.7. The minimum atomic E-state index is -1.05. The Morgan fingerprint density at radius 1 is 0.750 bits per heavy atom. The van der Waals surface area contributed by atoms with Crippen molar-refractivity contribution in [3.63, 3.8) is 0 Å². The van der Waals surface area contributed by atoms with Crippen molar-refractivity contribution < 1.29 is 39.6 Å². The SMILES string of the molecule is C.CC(=S)Nc1ccc(CC2CN(CC(=O)O)CCN(CC(=O)O)CCN(CC(=O)O)CCN2CC(=O)O)cc1. The normalized spacial score (nSPS) is 18.5. The fourth-order valence-corrected chi connectivity index (χ4v) is 4.67. The molecule has 0 amide bonds. The molecular formula is C26H41N5O8S. The third kappa shape index (κ3) is 13.8. The van der Waals surface area contributed by atoms with Crippen LogP contribution >= 0.6 is 12.2 Å². The first-order chi connectivity index (χ1) is 18.4. The van der Waals surface area contributed by atoms with E-state index in [2.05, 4.69) is 5.32 Å². The van der Waals surface area contributed by atoms with Crippen LogP contribution in [0, 0.1) is 0 Å². The predicted molar refractivity (Wildman–Crippen MR) is 154 cm³/mol. The van der Waals surface area contributed by atoms with Crippen LogP contribution in [-0.4, -0.2) is 147 Å². The minimum absolute atomic E-state index is 0. The first kappa shape index (κ1) is 34.9. The topological polar surface area (TPSA) is 174 Å². The van der Waals surface area contributed by atoms with E-state index in [9.17, 15) is 39.6 Å². The maximum atomic E-state index is 11.8. The van der Waals surface area contributed by atoms with Gasteiger partial charge in [0.15, 0.2) is 0 Å². The summed E-state index contributed by atoms with van der Waals surface area (Å²) in [6.45, 7) is 2.35. The molecule has 0 aromatic heterocycles. The molecule has 0 spiro atoms. The van der Waals surface area contributed by atoms with Crippen LogP contribution in [0.1, 0.15) is 19.9 Å². The molecule has 1 aromatic carbocycles. The average molecular weight is 584 g/mol. The summed E-state index contributed by atoms with van der Waals surface area (Å²) < 4.78 is 0.